The van der Waals surface area contributed by atoms with Crippen LogP contribution in [-0.2, 0) is 14.8 Å². The summed E-state index contributed by atoms with van der Waals surface area (Å²) >= 11 is 0. The summed E-state index contributed by atoms with van der Waals surface area (Å²) in [7, 11) is -2.34. The molecule has 0 aliphatic heterocycles. The molecule has 0 amide bonds. The van der Waals surface area contributed by atoms with Gasteiger partial charge in [-0.2, -0.15) is 4.31 Å². The molecule has 118 valence electrons. The molecule has 6 nitrogen and oxygen atoms in total. The third-order valence-electron chi connectivity index (χ3n) is 2.91. The Morgan fingerprint density at radius 3 is 2.43 bits per heavy atom. The van der Waals surface area contributed by atoms with Gasteiger partial charge in [0.15, 0.2) is 0 Å². The average molecular weight is 315 g/mol. The van der Waals surface area contributed by atoms with Crippen molar-refractivity contribution in [3.05, 3.63) is 24.3 Å². The van der Waals surface area contributed by atoms with Gasteiger partial charge in [-0.15, -0.1) is 0 Å². The molecule has 0 fully saturated rings. The predicted molar refractivity (Wildman–Crippen MR) is 78.9 cm³/mol. The van der Waals surface area contributed by atoms with E-state index in [1.165, 1.54) is 23.5 Å². The van der Waals surface area contributed by atoms with Crippen LogP contribution in [0.3, 0.4) is 0 Å². The van der Waals surface area contributed by atoms with Crippen molar-refractivity contribution in [2.24, 2.45) is 0 Å². The highest BCUT2D eigenvalue weighted by Gasteiger charge is 2.34. The van der Waals surface area contributed by atoms with Crippen LogP contribution >= 0.6 is 0 Å². The van der Waals surface area contributed by atoms with Gasteiger partial charge >= 0.3 is 5.97 Å². The van der Waals surface area contributed by atoms with E-state index in [-0.39, 0.29) is 17.9 Å². The fraction of sp³-hybridized carbons (Fsp3) is 0.500. The van der Waals surface area contributed by atoms with E-state index in [0.29, 0.717) is 5.75 Å². The van der Waals surface area contributed by atoms with E-state index in [9.17, 15) is 13.2 Å². The zero-order chi connectivity index (χ0) is 16.3. The van der Waals surface area contributed by atoms with Crippen LogP contribution in [0.5, 0.6) is 5.75 Å². The summed E-state index contributed by atoms with van der Waals surface area (Å²) in [5, 5.41) is 8.81. The summed E-state index contributed by atoms with van der Waals surface area (Å²) < 4.78 is 31.7. The molecule has 0 heterocycles. The zero-order valence-corrected chi connectivity index (χ0v) is 13.5. The van der Waals surface area contributed by atoms with Crippen molar-refractivity contribution in [3.8, 4) is 5.75 Å². The number of sulfonamides is 1. The zero-order valence-electron chi connectivity index (χ0n) is 12.7. The molecule has 21 heavy (non-hydrogen) atoms. The predicted octanol–water partition coefficient (Wildman–Crippen LogP) is 1.96. The lowest BCUT2D eigenvalue weighted by Gasteiger charge is -2.34. The summed E-state index contributed by atoms with van der Waals surface area (Å²) in [6.45, 7) is 5.10. The van der Waals surface area contributed by atoms with Gasteiger partial charge in [-0.1, -0.05) is 6.07 Å². The first-order valence-electron chi connectivity index (χ1n) is 6.47. The molecule has 0 atom stereocenters. The van der Waals surface area contributed by atoms with Crippen molar-refractivity contribution in [2.75, 3.05) is 13.7 Å². The Morgan fingerprint density at radius 1 is 1.33 bits per heavy atom. The van der Waals surface area contributed by atoms with Gasteiger partial charge in [-0.05, 0) is 32.9 Å². The molecule has 0 radical (unpaired) electrons. The number of carboxylic acids is 1. The lowest BCUT2D eigenvalue weighted by molar-refractivity contribution is -0.137. The quantitative estimate of drug-likeness (QED) is 0.867. The van der Waals surface area contributed by atoms with Crippen LogP contribution in [0.1, 0.15) is 27.2 Å². The summed E-state index contributed by atoms with van der Waals surface area (Å²) in [5.41, 5.74) is -0.725. The SMILES string of the molecule is COc1cccc(S(=O)(=O)N(CCC(=O)O)C(C)(C)C)c1. The second-order valence-corrected chi connectivity index (χ2v) is 7.43. The minimum Gasteiger partial charge on any atom is -0.497 e. The summed E-state index contributed by atoms with van der Waals surface area (Å²) in [5.74, 6) is -0.603. The van der Waals surface area contributed by atoms with Crippen LogP contribution in [0.25, 0.3) is 0 Å². The number of rotatable bonds is 6. The van der Waals surface area contributed by atoms with Gasteiger partial charge in [0, 0.05) is 18.2 Å². The van der Waals surface area contributed by atoms with Crippen molar-refractivity contribution >= 4 is 16.0 Å². The number of carbonyl (C=O) groups is 1. The Hall–Kier alpha value is -1.60. The molecule has 0 aliphatic rings. The van der Waals surface area contributed by atoms with E-state index >= 15 is 0 Å². The highest BCUT2D eigenvalue weighted by Crippen LogP contribution is 2.26. The van der Waals surface area contributed by atoms with Gasteiger partial charge < -0.3 is 9.84 Å². The Morgan fingerprint density at radius 2 is 1.95 bits per heavy atom. The van der Waals surface area contributed by atoms with E-state index in [1.54, 1.807) is 32.9 Å². The molecule has 0 unspecified atom stereocenters. The van der Waals surface area contributed by atoms with Gasteiger partial charge in [0.1, 0.15) is 5.75 Å². The minimum absolute atomic E-state index is 0.0849. The van der Waals surface area contributed by atoms with E-state index in [4.69, 9.17) is 9.84 Å². The molecule has 0 bridgehead atoms. The number of hydrogen-bond acceptors (Lipinski definition) is 4. The summed E-state index contributed by atoms with van der Waals surface area (Å²) in [6.07, 6.45) is -0.250. The van der Waals surface area contributed by atoms with Gasteiger partial charge in [-0.3, -0.25) is 4.79 Å². The Kier molecular flexibility index (Phi) is 5.36. The first-order chi connectivity index (χ1) is 9.59. The van der Waals surface area contributed by atoms with Gasteiger partial charge in [0.25, 0.3) is 0 Å². The lowest BCUT2D eigenvalue weighted by Crippen LogP contribution is -2.46. The highest BCUT2D eigenvalue weighted by molar-refractivity contribution is 7.89. The minimum atomic E-state index is -3.80. The fourth-order valence-corrected chi connectivity index (χ4v) is 3.73. The van der Waals surface area contributed by atoms with Crippen molar-refractivity contribution in [2.45, 2.75) is 37.6 Å². The standard InChI is InChI=1S/C14H21NO5S/c1-14(2,3)15(9-8-13(16)17)21(18,19)12-7-5-6-11(10-12)20-4/h5-7,10H,8-9H2,1-4H3,(H,16,17). The maximum Gasteiger partial charge on any atom is 0.304 e. The van der Waals surface area contributed by atoms with Crippen molar-refractivity contribution in [3.63, 3.8) is 0 Å². The van der Waals surface area contributed by atoms with E-state index in [1.807, 2.05) is 0 Å². The number of methoxy groups -OCH3 is 1. The Labute approximate surface area is 125 Å². The van der Waals surface area contributed by atoms with Crippen molar-refractivity contribution < 1.29 is 23.1 Å². The van der Waals surface area contributed by atoms with Crippen LogP contribution in [0.2, 0.25) is 0 Å². The normalized spacial score (nSPS) is 12.4. The monoisotopic (exact) mass is 315 g/mol. The maximum atomic E-state index is 12.7. The Bertz CT molecular complexity index is 604. The molecule has 0 spiro atoms. The second-order valence-electron chi connectivity index (χ2n) is 5.57. The largest absolute Gasteiger partial charge is 0.497 e. The topological polar surface area (TPSA) is 83.9 Å². The van der Waals surface area contributed by atoms with Crippen molar-refractivity contribution in [1.82, 2.24) is 4.31 Å². The lowest BCUT2D eigenvalue weighted by atomic mass is 10.1. The van der Waals surface area contributed by atoms with Crippen LogP contribution in [0.4, 0.5) is 0 Å². The number of benzene rings is 1. The van der Waals surface area contributed by atoms with E-state index < -0.39 is 21.5 Å². The molecular weight excluding hydrogens is 294 g/mol. The van der Waals surface area contributed by atoms with Crippen LogP contribution < -0.4 is 4.74 Å². The first-order valence-corrected chi connectivity index (χ1v) is 7.91. The number of aliphatic carboxylic acids is 1. The number of carboxylic acid groups (broad SMARTS) is 1. The van der Waals surface area contributed by atoms with Crippen LogP contribution in [0.15, 0.2) is 29.2 Å². The smallest absolute Gasteiger partial charge is 0.304 e. The highest BCUT2D eigenvalue weighted by atomic mass is 32.2. The molecule has 1 N–H and O–H groups in total. The number of nitrogens with zero attached hydrogens (tertiary/aromatic N) is 1. The molecule has 7 heteroatoms. The number of ether oxygens (including phenoxy) is 1. The average Bonchev–Trinajstić information content (AvgIpc) is 2.36. The molecule has 1 rings (SSSR count). The first kappa shape index (κ1) is 17.5. The second kappa shape index (κ2) is 6.44. The van der Waals surface area contributed by atoms with Crippen molar-refractivity contribution in [1.29, 1.82) is 0 Å². The third-order valence-corrected chi connectivity index (χ3v) is 5.07. The molecule has 0 aromatic heterocycles. The van der Waals surface area contributed by atoms with E-state index in [2.05, 4.69) is 0 Å². The molecule has 1 aromatic carbocycles. The summed E-state index contributed by atoms with van der Waals surface area (Å²) in [6, 6.07) is 6.13. The molecule has 0 aliphatic carbocycles. The van der Waals surface area contributed by atoms with Crippen LogP contribution in [-0.4, -0.2) is 43.0 Å². The molecule has 0 saturated heterocycles. The fourth-order valence-electron chi connectivity index (χ4n) is 1.90. The van der Waals surface area contributed by atoms with Crippen LogP contribution in [0, 0.1) is 0 Å². The maximum absolute atomic E-state index is 12.7. The molecule has 0 saturated carbocycles. The van der Waals surface area contributed by atoms with Gasteiger partial charge in [0.05, 0.1) is 18.4 Å². The van der Waals surface area contributed by atoms with Gasteiger partial charge in [0.2, 0.25) is 10.0 Å². The van der Waals surface area contributed by atoms with Gasteiger partial charge in [-0.25, -0.2) is 8.42 Å². The Balaban J connectivity index is 3.23. The van der Waals surface area contributed by atoms with E-state index in [0.717, 1.165) is 0 Å². The molecular formula is C14H21NO5S. The molecule has 1 aromatic rings. The number of hydrogen-bond donors (Lipinski definition) is 1. The third kappa shape index (κ3) is 4.44. The summed E-state index contributed by atoms with van der Waals surface area (Å²) in [4.78, 5) is 10.8.